The third-order valence-electron chi connectivity index (χ3n) is 3.36. The topological polar surface area (TPSA) is 87.1 Å². The minimum atomic E-state index is -0.406. The molecule has 1 atom stereocenters. The molecular formula is C14H21N5O2. The van der Waals surface area contributed by atoms with Crippen LogP contribution in [0.3, 0.4) is 0 Å². The minimum Gasteiger partial charge on any atom is -0.352 e. The number of nitrogens with one attached hydrogen (secondary N) is 2. The van der Waals surface area contributed by atoms with Crippen LogP contribution < -0.4 is 5.32 Å². The summed E-state index contributed by atoms with van der Waals surface area (Å²) in [6.07, 6.45) is 0. The number of hydrogen-bond acceptors (Lipinski definition) is 5. The summed E-state index contributed by atoms with van der Waals surface area (Å²) in [5.41, 5.74) is 1.45. The Labute approximate surface area is 123 Å². The molecule has 2 aromatic rings. The second-order valence-electron chi connectivity index (χ2n) is 5.80. The summed E-state index contributed by atoms with van der Waals surface area (Å²) in [4.78, 5) is 20.0. The molecule has 0 saturated carbocycles. The van der Waals surface area contributed by atoms with Crippen molar-refractivity contribution < 1.29 is 4.92 Å². The molecule has 0 radical (unpaired) electrons. The molecule has 114 valence electrons. The lowest BCUT2D eigenvalue weighted by Gasteiger charge is -2.25. The zero-order valence-electron chi connectivity index (χ0n) is 12.8. The fourth-order valence-electron chi connectivity index (χ4n) is 2.17. The van der Waals surface area contributed by atoms with Crippen LogP contribution in [0.25, 0.3) is 11.0 Å². The zero-order chi connectivity index (χ0) is 15.6. The number of nitro benzene ring substituents is 1. The molecule has 2 rings (SSSR count). The number of aromatic nitrogens is 2. The number of likely N-dealkylation sites (N-methyl/N-ethyl adjacent to an activating group) is 1. The minimum absolute atomic E-state index is 0.0615. The zero-order valence-corrected chi connectivity index (χ0v) is 12.8. The molecule has 7 nitrogen and oxygen atoms in total. The second-order valence-corrected chi connectivity index (χ2v) is 5.80. The largest absolute Gasteiger partial charge is 0.352 e. The molecule has 0 spiro atoms. The predicted octanol–water partition coefficient (Wildman–Crippen LogP) is 2.47. The monoisotopic (exact) mass is 291 g/mol. The Hall–Kier alpha value is -2.15. The fraction of sp³-hybridized carbons (Fsp3) is 0.500. The average molecular weight is 291 g/mol. The smallest absolute Gasteiger partial charge is 0.271 e. The van der Waals surface area contributed by atoms with Crippen molar-refractivity contribution in [1.82, 2.24) is 14.9 Å². The first-order valence-corrected chi connectivity index (χ1v) is 6.92. The molecule has 1 heterocycles. The fourth-order valence-corrected chi connectivity index (χ4v) is 2.17. The van der Waals surface area contributed by atoms with Gasteiger partial charge in [-0.15, -0.1) is 0 Å². The van der Waals surface area contributed by atoms with Crippen LogP contribution in [0.15, 0.2) is 18.2 Å². The third-order valence-corrected chi connectivity index (χ3v) is 3.36. The molecule has 21 heavy (non-hydrogen) atoms. The molecule has 1 aromatic heterocycles. The summed E-state index contributed by atoms with van der Waals surface area (Å²) in [7, 11) is 4.05. The van der Waals surface area contributed by atoms with Gasteiger partial charge in [0.05, 0.1) is 16.0 Å². The van der Waals surface area contributed by atoms with Crippen LogP contribution in [0.2, 0.25) is 0 Å². The van der Waals surface area contributed by atoms with E-state index < -0.39 is 4.92 Å². The number of rotatable bonds is 6. The number of hydrogen-bond donors (Lipinski definition) is 2. The third kappa shape index (κ3) is 3.69. The van der Waals surface area contributed by atoms with Gasteiger partial charge >= 0.3 is 0 Å². The number of nitrogens with zero attached hydrogens (tertiary/aromatic N) is 3. The Balaban J connectivity index is 2.23. The highest BCUT2D eigenvalue weighted by Gasteiger charge is 2.16. The van der Waals surface area contributed by atoms with Gasteiger partial charge < -0.3 is 15.2 Å². The summed E-state index contributed by atoms with van der Waals surface area (Å²) < 4.78 is 0. The Morgan fingerprint density at radius 3 is 2.71 bits per heavy atom. The maximum Gasteiger partial charge on any atom is 0.271 e. The first kappa shape index (κ1) is 15.2. The van der Waals surface area contributed by atoms with Crippen molar-refractivity contribution >= 4 is 22.7 Å². The van der Waals surface area contributed by atoms with Gasteiger partial charge in [-0.3, -0.25) is 10.1 Å². The first-order chi connectivity index (χ1) is 9.86. The van der Waals surface area contributed by atoms with Gasteiger partial charge in [0.2, 0.25) is 5.95 Å². The molecule has 0 amide bonds. The molecule has 0 aliphatic heterocycles. The molecule has 0 fully saturated rings. The maximum absolute atomic E-state index is 10.8. The van der Waals surface area contributed by atoms with Crippen molar-refractivity contribution in [3.8, 4) is 0 Å². The second kappa shape index (κ2) is 6.09. The number of fused-ring (bicyclic) bond motifs is 1. The molecule has 0 bridgehead atoms. The number of imidazole rings is 1. The normalized spacial score (nSPS) is 13.0. The molecule has 2 N–H and O–H groups in total. The molecule has 1 unspecified atom stereocenters. The Morgan fingerprint density at radius 1 is 1.43 bits per heavy atom. The van der Waals surface area contributed by atoms with Gasteiger partial charge in [-0.1, -0.05) is 13.8 Å². The Kier molecular flexibility index (Phi) is 4.42. The van der Waals surface area contributed by atoms with Gasteiger partial charge in [0, 0.05) is 24.7 Å². The summed E-state index contributed by atoms with van der Waals surface area (Å²) in [6.45, 7) is 5.18. The summed E-state index contributed by atoms with van der Waals surface area (Å²) in [6, 6.07) is 4.87. The molecule has 0 aliphatic carbocycles. The number of H-pyrrole nitrogens is 1. The Bertz CT molecular complexity index is 635. The average Bonchev–Trinajstić information content (AvgIpc) is 2.78. The summed E-state index contributed by atoms with van der Waals surface area (Å²) in [5.74, 6) is 1.08. The van der Waals surface area contributed by atoms with Crippen LogP contribution in [-0.2, 0) is 0 Å². The van der Waals surface area contributed by atoms with Crippen molar-refractivity contribution in [2.24, 2.45) is 5.92 Å². The quantitative estimate of drug-likeness (QED) is 0.630. The lowest BCUT2D eigenvalue weighted by molar-refractivity contribution is -0.384. The van der Waals surface area contributed by atoms with E-state index in [2.05, 4.69) is 34.0 Å². The number of anilines is 1. The van der Waals surface area contributed by atoms with E-state index in [1.54, 1.807) is 6.07 Å². The van der Waals surface area contributed by atoms with Crippen LogP contribution in [0.5, 0.6) is 0 Å². The van der Waals surface area contributed by atoms with E-state index in [0.29, 0.717) is 17.4 Å². The van der Waals surface area contributed by atoms with Gasteiger partial charge in [0.15, 0.2) is 0 Å². The van der Waals surface area contributed by atoms with Crippen LogP contribution in [0, 0.1) is 16.0 Å². The molecule has 1 aromatic carbocycles. The van der Waals surface area contributed by atoms with Gasteiger partial charge in [0.25, 0.3) is 5.69 Å². The lowest BCUT2D eigenvalue weighted by atomic mass is 10.0. The van der Waals surface area contributed by atoms with Crippen LogP contribution in [0.1, 0.15) is 13.8 Å². The van der Waals surface area contributed by atoms with Gasteiger partial charge in [-0.05, 0) is 26.1 Å². The predicted molar refractivity (Wildman–Crippen MR) is 83.6 cm³/mol. The lowest BCUT2D eigenvalue weighted by Crippen LogP contribution is -2.36. The highest BCUT2D eigenvalue weighted by molar-refractivity contribution is 5.79. The Morgan fingerprint density at radius 2 is 2.14 bits per heavy atom. The molecule has 0 aliphatic rings. The van der Waals surface area contributed by atoms with Crippen LogP contribution in [0.4, 0.5) is 11.6 Å². The van der Waals surface area contributed by atoms with E-state index in [9.17, 15) is 10.1 Å². The van der Waals surface area contributed by atoms with Gasteiger partial charge in [-0.2, -0.15) is 0 Å². The number of aromatic amines is 1. The first-order valence-electron chi connectivity index (χ1n) is 6.92. The number of nitro groups is 1. The maximum atomic E-state index is 10.8. The van der Waals surface area contributed by atoms with Crippen molar-refractivity contribution in [1.29, 1.82) is 0 Å². The van der Waals surface area contributed by atoms with Crippen LogP contribution >= 0.6 is 0 Å². The van der Waals surface area contributed by atoms with Crippen molar-refractivity contribution in [3.63, 3.8) is 0 Å². The van der Waals surface area contributed by atoms with Crippen molar-refractivity contribution in [2.75, 3.05) is 26.0 Å². The van der Waals surface area contributed by atoms with Gasteiger partial charge in [-0.25, -0.2) is 4.98 Å². The van der Waals surface area contributed by atoms with Gasteiger partial charge in [0.1, 0.15) is 0 Å². The van der Waals surface area contributed by atoms with Crippen molar-refractivity contribution in [2.45, 2.75) is 19.9 Å². The summed E-state index contributed by atoms with van der Waals surface area (Å²) >= 11 is 0. The van der Waals surface area contributed by atoms with E-state index in [1.807, 2.05) is 14.1 Å². The van der Waals surface area contributed by atoms with Crippen molar-refractivity contribution in [3.05, 3.63) is 28.3 Å². The summed E-state index contributed by atoms with van der Waals surface area (Å²) in [5, 5.41) is 14.2. The highest BCUT2D eigenvalue weighted by Crippen LogP contribution is 2.21. The van der Waals surface area contributed by atoms with Crippen LogP contribution in [-0.4, -0.2) is 46.5 Å². The van der Waals surface area contributed by atoms with E-state index in [-0.39, 0.29) is 11.7 Å². The number of benzene rings is 1. The standard InChI is InChI=1S/C14H21N5O2/c1-9(2)13(8-18(3)4)17-14-15-11-6-5-10(19(20)21)7-12(11)16-14/h5-7,9,13H,8H2,1-4H3,(H2,15,16,17). The van der Waals surface area contributed by atoms with E-state index in [1.165, 1.54) is 12.1 Å². The van der Waals surface area contributed by atoms with E-state index in [0.717, 1.165) is 12.1 Å². The molecule has 0 saturated heterocycles. The highest BCUT2D eigenvalue weighted by atomic mass is 16.6. The van der Waals surface area contributed by atoms with E-state index in [4.69, 9.17) is 0 Å². The molecule has 7 heteroatoms. The van der Waals surface area contributed by atoms with E-state index >= 15 is 0 Å². The SMILES string of the molecule is CC(C)C(CN(C)C)Nc1nc2ccc([N+](=O)[O-])cc2[nH]1. The molecular weight excluding hydrogens is 270 g/mol. The number of non-ortho nitro benzene ring substituents is 1.